The molecule has 0 saturated heterocycles. The Bertz CT molecular complexity index is 616. The van der Waals surface area contributed by atoms with Crippen LogP contribution >= 0.6 is 0 Å². The Balaban J connectivity index is 2.02. The lowest BCUT2D eigenvalue weighted by Gasteiger charge is -2.19. The smallest absolute Gasteiger partial charge is 0.126 e. The lowest BCUT2D eigenvalue weighted by Crippen LogP contribution is -2.16. The Kier molecular flexibility index (Phi) is 5.78. The van der Waals surface area contributed by atoms with E-state index in [9.17, 15) is 4.39 Å². The molecule has 0 spiro atoms. The van der Waals surface area contributed by atoms with Gasteiger partial charge in [-0.3, -0.25) is 0 Å². The lowest BCUT2D eigenvalue weighted by molar-refractivity contribution is 0.295. The summed E-state index contributed by atoms with van der Waals surface area (Å²) in [6, 6.07) is 12.2. The van der Waals surface area contributed by atoms with E-state index in [2.05, 4.69) is 6.07 Å². The highest BCUT2D eigenvalue weighted by Gasteiger charge is 2.15. The monoisotopic (exact) mass is 303 g/mol. The summed E-state index contributed by atoms with van der Waals surface area (Å²) in [5.74, 6) is 1.22. The van der Waals surface area contributed by atoms with E-state index in [4.69, 9.17) is 15.2 Å². The Morgan fingerprint density at radius 3 is 2.68 bits per heavy atom. The van der Waals surface area contributed by atoms with Gasteiger partial charge in [-0.2, -0.15) is 0 Å². The largest absolute Gasteiger partial charge is 0.496 e. The molecule has 0 aromatic heterocycles. The van der Waals surface area contributed by atoms with Gasteiger partial charge in [-0.05, 0) is 43.7 Å². The average molecular weight is 303 g/mol. The maximum atomic E-state index is 13.1. The van der Waals surface area contributed by atoms with Crippen LogP contribution in [0.4, 0.5) is 4.39 Å². The molecule has 118 valence electrons. The molecule has 1 unspecified atom stereocenters. The minimum atomic E-state index is -0.298. The van der Waals surface area contributed by atoms with E-state index in [0.717, 1.165) is 17.7 Å². The van der Waals surface area contributed by atoms with Crippen LogP contribution in [0, 0.1) is 12.7 Å². The van der Waals surface area contributed by atoms with Gasteiger partial charge in [0, 0.05) is 12.0 Å². The van der Waals surface area contributed by atoms with Crippen molar-refractivity contribution in [1.82, 2.24) is 0 Å². The van der Waals surface area contributed by atoms with Crippen molar-refractivity contribution in [2.45, 2.75) is 19.3 Å². The van der Waals surface area contributed by atoms with Crippen LogP contribution in [0.5, 0.6) is 11.5 Å². The number of hydrogen-bond donors (Lipinski definition) is 1. The van der Waals surface area contributed by atoms with Gasteiger partial charge < -0.3 is 15.2 Å². The second-order valence-corrected chi connectivity index (χ2v) is 5.27. The summed E-state index contributed by atoms with van der Waals surface area (Å²) >= 11 is 0. The number of hydrogen-bond acceptors (Lipinski definition) is 3. The first-order valence-electron chi connectivity index (χ1n) is 7.37. The van der Waals surface area contributed by atoms with Gasteiger partial charge in [0.1, 0.15) is 17.3 Å². The SMILES string of the molecule is COc1ccc(C)cc1C(CN)CCOc1cccc(F)c1. The molecule has 0 radical (unpaired) electrons. The zero-order valence-electron chi connectivity index (χ0n) is 13.0. The van der Waals surface area contributed by atoms with Crippen LogP contribution in [0.15, 0.2) is 42.5 Å². The molecular weight excluding hydrogens is 281 g/mol. The number of methoxy groups -OCH3 is 1. The zero-order chi connectivity index (χ0) is 15.9. The van der Waals surface area contributed by atoms with Crippen LogP contribution in [0.2, 0.25) is 0 Å². The summed E-state index contributed by atoms with van der Waals surface area (Å²) < 4.78 is 24.1. The Morgan fingerprint density at radius 2 is 2.00 bits per heavy atom. The van der Waals surface area contributed by atoms with Gasteiger partial charge in [0.25, 0.3) is 0 Å². The van der Waals surface area contributed by atoms with Crippen molar-refractivity contribution in [1.29, 1.82) is 0 Å². The van der Waals surface area contributed by atoms with Crippen LogP contribution in [0.1, 0.15) is 23.5 Å². The molecule has 0 amide bonds. The molecule has 1 atom stereocenters. The third kappa shape index (κ3) is 4.21. The van der Waals surface area contributed by atoms with Gasteiger partial charge in [-0.25, -0.2) is 4.39 Å². The molecule has 0 heterocycles. The predicted molar refractivity (Wildman–Crippen MR) is 86.0 cm³/mol. The maximum Gasteiger partial charge on any atom is 0.126 e. The zero-order valence-corrected chi connectivity index (χ0v) is 13.0. The van der Waals surface area contributed by atoms with E-state index in [1.54, 1.807) is 19.2 Å². The molecule has 2 N–H and O–H groups in total. The van der Waals surface area contributed by atoms with Gasteiger partial charge in [-0.1, -0.05) is 23.8 Å². The van der Waals surface area contributed by atoms with Crippen LogP contribution in [-0.2, 0) is 0 Å². The van der Waals surface area contributed by atoms with Crippen molar-refractivity contribution in [3.8, 4) is 11.5 Å². The molecule has 3 nitrogen and oxygen atoms in total. The van der Waals surface area contributed by atoms with Gasteiger partial charge in [-0.15, -0.1) is 0 Å². The van der Waals surface area contributed by atoms with Crippen molar-refractivity contribution in [2.75, 3.05) is 20.3 Å². The first-order valence-corrected chi connectivity index (χ1v) is 7.37. The molecule has 2 aromatic carbocycles. The van der Waals surface area contributed by atoms with Crippen LogP contribution in [0.25, 0.3) is 0 Å². The second-order valence-electron chi connectivity index (χ2n) is 5.27. The van der Waals surface area contributed by atoms with E-state index >= 15 is 0 Å². The first-order chi connectivity index (χ1) is 10.6. The normalized spacial score (nSPS) is 12.0. The number of aryl methyl sites for hydroxylation is 1. The van der Waals surface area contributed by atoms with Crippen molar-refractivity contribution in [3.05, 3.63) is 59.4 Å². The standard InChI is InChI=1S/C18H22FNO2/c1-13-6-7-18(21-2)17(10-13)14(12-20)8-9-22-16-5-3-4-15(19)11-16/h3-7,10-11,14H,8-9,12,20H2,1-2H3. The molecule has 2 rings (SSSR count). The van der Waals surface area contributed by atoms with E-state index in [-0.39, 0.29) is 11.7 Å². The van der Waals surface area contributed by atoms with Gasteiger partial charge in [0.2, 0.25) is 0 Å². The minimum Gasteiger partial charge on any atom is -0.496 e. The van der Waals surface area contributed by atoms with Gasteiger partial charge in [0.05, 0.1) is 13.7 Å². The Labute approximate surface area is 130 Å². The van der Waals surface area contributed by atoms with Gasteiger partial charge >= 0.3 is 0 Å². The van der Waals surface area contributed by atoms with Crippen LogP contribution in [0.3, 0.4) is 0 Å². The fourth-order valence-corrected chi connectivity index (χ4v) is 2.45. The van der Waals surface area contributed by atoms with Gasteiger partial charge in [0.15, 0.2) is 0 Å². The number of nitrogens with two attached hydrogens (primary N) is 1. The molecular formula is C18H22FNO2. The summed E-state index contributed by atoms with van der Waals surface area (Å²) in [5, 5.41) is 0. The Hall–Kier alpha value is -2.07. The molecule has 0 aliphatic heterocycles. The molecule has 2 aromatic rings. The third-order valence-corrected chi connectivity index (χ3v) is 3.64. The van der Waals surface area contributed by atoms with Crippen molar-refractivity contribution in [3.63, 3.8) is 0 Å². The fraction of sp³-hybridized carbons (Fsp3) is 0.333. The van der Waals surface area contributed by atoms with Crippen LogP contribution < -0.4 is 15.2 Å². The number of benzene rings is 2. The molecule has 22 heavy (non-hydrogen) atoms. The summed E-state index contributed by atoms with van der Waals surface area (Å²) in [6.45, 7) is 3.02. The highest BCUT2D eigenvalue weighted by Crippen LogP contribution is 2.29. The molecule has 0 aliphatic rings. The van der Waals surface area contributed by atoms with E-state index < -0.39 is 0 Å². The average Bonchev–Trinajstić information content (AvgIpc) is 2.52. The first kappa shape index (κ1) is 16.3. The fourth-order valence-electron chi connectivity index (χ4n) is 2.45. The van der Waals surface area contributed by atoms with Crippen molar-refractivity contribution < 1.29 is 13.9 Å². The van der Waals surface area contributed by atoms with E-state index in [1.807, 2.05) is 19.1 Å². The quantitative estimate of drug-likeness (QED) is 0.849. The highest BCUT2D eigenvalue weighted by atomic mass is 19.1. The summed E-state index contributed by atoms with van der Waals surface area (Å²) in [4.78, 5) is 0. The number of rotatable bonds is 7. The van der Waals surface area contributed by atoms with Crippen LogP contribution in [-0.4, -0.2) is 20.3 Å². The third-order valence-electron chi connectivity index (χ3n) is 3.64. The lowest BCUT2D eigenvalue weighted by atomic mass is 9.94. The maximum absolute atomic E-state index is 13.1. The van der Waals surface area contributed by atoms with Crippen molar-refractivity contribution >= 4 is 0 Å². The molecule has 4 heteroatoms. The Morgan fingerprint density at radius 1 is 1.18 bits per heavy atom. The molecule has 0 saturated carbocycles. The molecule has 0 aliphatic carbocycles. The predicted octanol–water partition coefficient (Wildman–Crippen LogP) is 3.65. The number of halogens is 1. The summed E-state index contributed by atoms with van der Waals surface area (Å²) in [6.07, 6.45) is 0.743. The van der Waals surface area contributed by atoms with E-state index in [0.29, 0.717) is 18.9 Å². The van der Waals surface area contributed by atoms with Crippen molar-refractivity contribution in [2.24, 2.45) is 5.73 Å². The highest BCUT2D eigenvalue weighted by molar-refractivity contribution is 5.39. The molecule has 0 fully saturated rings. The summed E-state index contributed by atoms with van der Waals surface area (Å²) in [7, 11) is 1.66. The molecule has 0 bridgehead atoms. The topological polar surface area (TPSA) is 44.5 Å². The van der Waals surface area contributed by atoms with E-state index in [1.165, 1.54) is 17.7 Å². The summed E-state index contributed by atoms with van der Waals surface area (Å²) in [5.41, 5.74) is 8.17. The number of ether oxygens (including phenoxy) is 2. The minimum absolute atomic E-state index is 0.142. The second kappa shape index (κ2) is 7.80.